The van der Waals surface area contributed by atoms with Crippen LogP contribution in [-0.4, -0.2) is 37.7 Å². The average Bonchev–Trinajstić information content (AvgIpc) is 2.88. The predicted molar refractivity (Wildman–Crippen MR) is 80.8 cm³/mol. The van der Waals surface area contributed by atoms with Crippen molar-refractivity contribution in [3.63, 3.8) is 0 Å². The lowest BCUT2D eigenvalue weighted by Gasteiger charge is -2.13. The van der Waals surface area contributed by atoms with Crippen LogP contribution in [0.2, 0.25) is 0 Å². The number of esters is 1. The van der Waals surface area contributed by atoms with Crippen LogP contribution in [-0.2, 0) is 14.3 Å². The van der Waals surface area contributed by atoms with Crippen LogP contribution in [0.3, 0.4) is 0 Å². The molecule has 0 aliphatic carbocycles. The molecule has 1 heterocycles. The van der Waals surface area contributed by atoms with Gasteiger partial charge in [0.15, 0.2) is 0 Å². The van der Waals surface area contributed by atoms with E-state index in [9.17, 15) is 9.59 Å². The Balaban J connectivity index is 0.00000220. The van der Waals surface area contributed by atoms with Gasteiger partial charge in [-0.1, -0.05) is 0 Å². The zero-order chi connectivity index (χ0) is 14.5. The number of methoxy groups -OCH3 is 1. The summed E-state index contributed by atoms with van der Waals surface area (Å²) in [7, 11) is 1.37. The van der Waals surface area contributed by atoms with Crippen molar-refractivity contribution in [1.29, 1.82) is 0 Å². The van der Waals surface area contributed by atoms with Crippen LogP contribution < -0.4 is 15.4 Å². The fraction of sp³-hybridized carbons (Fsp3) is 0.429. The van der Waals surface area contributed by atoms with Gasteiger partial charge in [-0.15, -0.1) is 12.4 Å². The molecule has 2 rings (SSSR count). The number of hydrogen-bond donors (Lipinski definition) is 2. The smallest absolute Gasteiger partial charge is 0.323 e. The van der Waals surface area contributed by atoms with Crippen LogP contribution in [0.1, 0.15) is 13.3 Å². The second kappa shape index (κ2) is 7.85. The molecule has 116 valence electrons. The highest BCUT2D eigenvalue weighted by molar-refractivity contribution is 5.88. The summed E-state index contributed by atoms with van der Waals surface area (Å²) in [5.41, 5.74) is 0.724. The van der Waals surface area contributed by atoms with Gasteiger partial charge in [-0.05, 0) is 24.3 Å². The Morgan fingerprint density at radius 2 is 1.95 bits per heavy atom. The Morgan fingerprint density at radius 3 is 2.52 bits per heavy atom. The number of anilines is 1. The third kappa shape index (κ3) is 4.91. The lowest BCUT2D eigenvalue weighted by atomic mass is 10.2. The number of nitrogens with one attached hydrogen (secondary N) is 2. The first kappa shape index (κ1) is 17.3. The molecule has 7 heteroatoms. The van der Waals surface area contributed by atoms with E-state index >= 15 is 0 Å². The largest absolute Gasteiger partial charge is 0.489 e. The average molecular weight is 315 g/mol. The third-order valence-corrected chi connectivity index (χ3v) is 3.05. The lowest BCUT2D eigenvalue weighted by Crippen LogP contribution is -2.31. The molecule has 1 aromatic carbocycles. The summed E-state index contributed by atoms with van der Waals surface area (Å²) in [6.07, 6.45) is 0.519. The van der Waals surface area contributed by atoms with Crippen LogP contribution in [0.25, 0.3) is 0 Å². The second-order valence-electron chi connectivity index (χ2n) is 4.67. The van der Waals surface area contributed by atoms with E-state index in [0.29, 0.717) is 18.7 Å². The molecule has 1 fully saturated rings. The van der Waals surface area contributed by atoms with Crippen molar-refractivity contribution in [2.24, 2.45) is 0 Å². The van der Waals surface area contributed by atoms with E-state index in [1.54, 1.807) is 24.3 Å². The van der Waals surface area contributed by atoms with Crippen molar-refractivity contribution in [3.05, 3.63) is 24.3 Å². The van der Waals surface area contributed by atoms with Crippen molar-refractivity contribution < 1.29 is 19.1 Å². The quantitative estimate of drug-likeness (QED) is 0.820. The summed E-state index contributed by atoms with van der Waals surface area (Å²) >= 11 is 0. The van der Waals surface area contributed by atoms with Gasteiger partial charge in [-0.25, -0.2) is 0 Å². The number of amides is 1. The molecule has 0 bridgehead atoms. The SMILES string of the molecule is COC(=O)[C@@H]1C[C@@H](Oc2ccc(NC(C)=O)cc2)CN1.Cl. The molecule has 6 nitrogen and oxygen atoms in total. The van der Waals surface area contributed by atoms with Gasteiger partial charge in [0.2, 0.25) is 5.91 Å². The van der Waals surface area contributed by atoms with Crippen molar-refractivity contribution in [1.82, 2.24) is 5.32 Å². The molecule has 0 aromatic heterocycles. The zero-order valence-electron chi connectivity index (χ0n) is 11.9. The molecule has 0 unspecified atom stereocenters. The first-order valence-electron chi connectivity index (χ1n) is 6.44. The first-order valence-corrected chi connectivity index (χ1v) is 6.44. The van der Waals surface area contributed by atoms with Crippen LogP contribution in [0.4, 0.5) is 5.69 Å². The molecule has 1 aromatic rings. The number of halogens is 1. The van der Waals surface area contributed by atoms with E-state index in [4.69, 9.17) is 4.74 Å². The number of carbonyl (C=O) groups excluding carboxylic acids is 2. The molecule has 1 saturated heterocycles. The molecule has 0 radical (unpaired) electrons. The molecule has 0 saturated carbocycles. The number of carbonyl (C=O) groups is 2. The summed E-state index contributed by atoms with van der Waals surface area (Å²) in [5.74, 6) is 0.327. The highest BCUT2D eigenvalue weighted by Crippen LogP contribution is 2.20. The zero-order valence-corrected chi connectivity index (χ0v) is 12.7. The van der Waals surface area contributed by atoms with Gasteiger partial charge in [0.1, 0.15) is 17.9 Å². The summed E-state index contributed by atoms with van der Waals surface area (Å²) in [6.45, 7) is 2.06. The van der Waals surface area contributed by atoms with E-state index in [1.807, 2.05) is 0 Å². The van der Waals surface area contributed by atoms with Crippen LogP contribution in [0, 0.1) is 0 Å². The van der Waals surface area contributed by atoms with E-state index in [2.05, 4.69) is 15.4 Å². The summed E-state index contributed by atoms with van der Waals surface area (Å²) < 4.78 is 10.5. The van der Waals surface area contributed by atoms with Crippen molar-refractivity contribution >= 4 is 30.0 Å². The standard InChI is InChI=1S/C14H18N2O4.ClH/c1-9(17)16-10-3-5-11(6-4-10)20-12-7-13(15-8-12)14(18)19-2;/h3-6,12-13,15H,7-8H2,1-2H3,(H,16,17);1H/t12-,13+;/m1./s1. The van der Waals surface area contributed by atoms with Crippen LogP contribution in [0.5, 0.6) is 5.75 Å². The van der Waals surface area contributed by atoms with Gasteiger partial charge in [0.05, 0.1) is 7.11 Å². The van der Waals surface area contributed by atoms with E-state index in [1.165, 1.54) is 14.0 Å². The number of hydrogen-bond acceptors (Lipinski definition) is 5. The van der Waals surface area contributed by atoms with E-state index in [-0.39, 0.29) is 36.4 Å². The summed E-state index contributed by atoms with van der Waals surface area (Å²) in [5, 5.41) is 5.75. The molecule has 1 amide bonds. The molecule has 1 aliphatic rings. The van der Waals surface area contributed by atoms with Gasteiger partial charge in [-0.2, -0.15) is 0 Å². The molecule has 1 aliphatic heterocycles. The Labute approximate surface area is 129 Å². The fourth-order valence-corrected chi connectivity index (χ4v) is 2.13. The minimum atomic E-state index is -0.302. The van der Waals surface area contributed by atoms with Gasteiger partial charge in [0, 0.05) is 25.6 Å². The van der Waals surface area contributed by atoms with E-state index < -0.39 is 0 Å². The third-order valence-electron chi connectivity index (χ3n) is 3.05. The minimum Gasteiger partial charge on any atom is -0.489 e. The Morgan fingerprint density at radius 1 is 1.29 bits per heavy atom. The van der Waals surface area contributed by atoms with Crippen molar-refractivity contribution in [3.8, 4) is 5.75 Å². The number of benzene rings is 1. The van der Waals surface area contributed by atoms with Crippen molar-refractivity contribution in [2.45, 2.75) is 25.5 Å². The maximum Gasteiger partial charge on any atom is 0.323 e. The monoisotopic (exact) mass is 314 g/mol. The topological polar surface area (TPSA) is 76.7 Å². The molecular weight excluding hydrogens is 296 g/mol. The molecule has 0 spiro atoms. The molecular formula is C14H19ClN2O4. The molecule has 2 N–H and O–H groups in total. The number of rotatable bonds is 4. The predicted octanol–water partition coefficient (Wildman–Crippen LogP) is 1.35. The number of ether oxygens (including phenoxy) is 2. The fourth-order valence-electron chi connectivity index (χ4n) is 2.13. The Hall–Kier alpha value is -1.79. The minimum absolute atomic E-state index is 0. The van der Waals surface area contributed by atoms with Crippen LogP contribution in [0.15, 0.2) is 24.3 Å². The first-order chi connectivity index (χ1) is 9.58. The van der Waals surface area contributed by atoms with E-state index in [0.717, 1.165) is 5.69 Å². The highest BCUT2D eigenvalue weighted by atomic mass is 35.5. The Kier molecular flexibility index (Phi) is 6.45. The molecule has 2 atom stereocenters. The Bertz CT molecular complexity index is 492. The van der Waals surface area contributed by atoms with Gasteiger partial charge >= 0.3 is 5.97 Å². The lowest BCUT2D eigenvalue weighted by molar-refractivity contribution is -0.142. The highest BCUT2D eigenvalue weighted by Gasteiger charge is 2.31. The second-order valence-corrected chi connectivity index (χ2v) is 4.67. The summed E-state index contributed by atoms with van der Waals surface area (Å²) in [6, 6.07) is 6.82. The maximum absolute atomic E-state index is 11.4. The molecule has 21 heavy (non-hydrogen) atoms. The van der Waals surface area contributed by atoms with Gasteiger partial charge in [-0.3, -0.25) is 9.59 Å². The van der Waals surface area contributed by atoms with Gasteiger partial charge in [0.25, 0.3) is 0 Å². The summed E-state index contributed by atoms with van der Waals surface area (Å²) in [4.78, 5) is 22.3. The van der Waals surface area contributed by atoms with Crippen molar-refractivity contribution in [2.75, 3.05) is 19.0 Å². The maximum atomic E-state index is 11.4. The normalized spacial score (nSPS) is 20.3. The van der Waals surface area contributed by atoms with Crippen LogP contribution >= 0.6 is 12.4 Å². The van der Waals surface area contributed by atoms with Gasteiger partial charge < -0.3 is 20.1 Å².